The molecule has 106 valence electrons. The van der Waals surface area contributed by atoms with Gasteiger partial charge >= 0.3 is 0 Å². The summed E-state index contributed by atoms with van der Waals surface area (Å²) in [6.07, 6.45) is 0. The van der Waals surface area contributed by atoms with E-state index in [0.717, 1.165) is 17.3 Å². The highest BCUT2D eigenvalue weighted by molar-refractivity contribution is 7.80. The molecule has 2 aromatic rings. The SMILES string of the molecule is Cc1ccc(NC(=S)N(C)Cc2sccc2C)cc1C. The minimum atomic E-state index is 0.751. The molecule has 1 N–H and O–H groups in total. The standard InChI is InChI=1S/C16H20N2S2/c1-11-5-6-14(9-13(11)3)17-16(19)18(4)10-15-12(2)7-8-20-15/h5-9H,10H2,1-4H3,(H,17,19). The number of hydrogen-bond acceptors (Lipinski definition) is 2. The molecule has 1 aromatic carbocycles. The third-order valence-corrected chi connectivity index (χ3v) is 4.88. The molecular formula is C16H20N2S2. The lowest BCUT2D eigenvalue weighted by Crippen LogP contribution is -2.30. The molecule has 1 heterocycles. The highest BCUT2D eigenvalue weighted by Gasteiger charge is 2.08. The van der Waals surface area contributed by atoms with Crippen molar-refractivity contribution in [2.45, 2.75) is 27.3 Å². The summed E-state index contributed by atoms with van der Waals surface area (Å²) in [4.78, 5) is 3.43. The van der Waals surface area contributed by atoms with E-state index in [1.807, 2.05) is 7.05 Å². The van der Waals surface area contributed by atoms with Crippen LogP contribution in [0.25, 0.3) is 0 Å². The summed E-state index contributed by atoms with van der Waals surface area (Å²) in [6.45, 7) is 7.21. The van der Waals surface area contributed by atoms with Crippen molar-refractivity contribution in [3.8, 4) is 0 Å². The first kappa shape index (κ1) is 15.0. The average Bonchev–Trinajstić information content (AvgIpc) is 2.79. The summed E-state index contributed by atoms with van der Waals surface area (Å²) in [5, 5.41) is 6.18. The second-order valence-electron chi connectivity index (χ2n) is 5.11. The normalized spacial score (nSPS) is 10.4. The van der Waals surface area contributed by atoms with Crippen LogP contribution in [-0.2, 0) is 6.54 Å². The zero-order chi connectivity index (χ0) is 14.7. The molecule has 0 fully saturated rings. The van der Waals surface area contributed by atoms with Crippen LogP contribution in [0, 0.1) is 20.8 Å². The number of rotatable bonds is 3. The van der Waals surface area contributed by atoms with Crippen LogP contribution >= 0.6 is 23.6 Å². The van der Waals surface area contributed by atoms with Crippen LogP contribution in [0.3, 0.4) is 0 Å². The second-order valence-corrected chi connectivity index (χ2v) is 6.50. The maximum Gasteiger partial charge on any atom is 0.173 e. The monoisotopic (exact) mass is 304 g/mol. The van der Waals surface area contributed by atoms with E-state index in [9.17, 15) is 0 Å². The van der Waals surface area contributed by atoms with Gasteiger partial charge in [0, 0.05) is 17.6 Å². The van der Waals surface area contributed by atoms with E-state index in [2.05, 4.69) is 60.6 Å². The molecule has 0 bridgehead atoms. The molecule has 0 amide bonds. The van der Waals surface area contributed by atoms with Crippen LogP contribution in [0.4, 0.5) is 5.69 Å². The molecule has 0 saturated carbocycles. The topological polar surface area (TPSA) is 15.3 Å². The summed E-state index contributed by atoms with van der Waals surface area (Å²) in [5.74, 6) is 0. The largest absolute Gasteiger partial charge is 0.347 e. The highest BCUT2D eigenvalue weighted by Crippen LogP contribution is 2.18. The number of benzene rings is 1. The van der Waals surface area contributed by atoms with E-state index in [1.165, 1.54) is 21.6 Å². The van der Waals surface area contributed by atoms with E-state index in [1.54, 1.807) is 11.3 Å². The van der Waals surface area contributed by atoms with Crippen molar-refractivity contribution in [3.05, 3.63) is 51.2 Å². The fourth-order valence-corrected chi connectivity index (χ4v) is 3.03. The first-order chi connectivity index (χ1) is 9.47. The van der Waals surface area contributed by atoms with Crippen molar-refractivity contribution in [3.63, 3.8) is 0 Å². The van der Waals surface area contributed by atoms with Gasteiger partial charge in [0.25, 0.3) is 0 Å². The summed E-state index contributed by atoms with van der Waals surface area (Å²) < 4.78 is 0. The third kappa shape index (κ3) is 3.58. The van der Waals surface area contributed by atoms with Gasteiger partial charge in [-0.05, 0) is 73.3 Å². The first-order valence-corrected chi connectivity index (χ1v) is 7.88. The Labute approximate surface area is 130 Å². The summed E-state index contributed by atoms with van der Waals surface area (Å²) >= 11 is 7.25. The van der Waals surface area contributed by atoms with Gasteiger partial charge in [-0.2, -0.15) is 0 Å². The Bertz CT molecular complexity index is 617. The maximum atomic E-state index is 5.47. The molecule has 0 atom stereocenters. The van der Waals surface area contributed by atoms with E-state index < -0.39 is 0 Å². The molecule has 0 aliphatic heterocycles. The minimum absolute atomic E-state index is 0.751. The molecule has 0 aliphatic rings. The Balaban J connectivity index is 2.00. The molecule has 1 aromatic heterocycles. The van der Waals surface area contributed by atoms with Crippen LogP contribution in [0.2, 0.25) is 0 Å². The van der Waals surface area contributed by atoms with Crippen LogP contribution in [-0.4, -0.2) is 17.1 Å². The quantitative estimate of drug-likeness (QED) is 0.840. The van der Waals surface area contributed by atoms with E-state index >= 15 is 0 Å². The van der Waals surface area contributed by atoms with Gasteiger partial charge in [0.15, 0.2) is 5.11 Å². The number of nitrogens with zero attached hydrogens (tertiary/aromatic N) is 1. The zero-order valence-electron chi connectivity index (χ0n) is 12.4. The minimum Gasteiger partial charge on any atom is -0.347 e. The fraction of sp³-hybridized carbons (Fsp3) is 0.312. The van der Waals surface area contributed by atoms with Gasteiger partial charge in [0.05, 0.1) is 6.54 Å². The summed E-state index contributed by atoms with van der Waals surface area (Å²) in [6, 6.07) is 8.46. The van der Waals surface area contributed by atoms with Gasteiger partial charge in [-0.1, -0.05) is 6.07 Å². The Kier molecular flexibility index (Phi) is 4.78. The Hall–Kier alpha value is -1.39. The lowest BCUT2D eigenvalue weighted by molar-refractivity contribution is 0.512. The Morgan fingerprint density at radius 3 is 2.50 bits per heavy atom. The van der Waals surface area contributed by atoms with Crippen molar-refractivity contribution in [1.29, 1.82) is 0 Å². The first-order valence-electron chi connectivity index (χ1n) is 6.59. The molecule has 0 aliphatic carbocycles. The maximum absolute atomic E-state index is 5.47. The summed E-state index contributed by atoms with van der Waals surface area (Å²) in [7, 11) is 2.02. The zero-order valence-corrected chi connectivity index (χ0v) is 14.0. The number of thiophene rings is 1. The number of nitrogens with one attached hydrogen (secondary N) is 1. The molecule has 0 spiro atoms. The Morgan fingerprint density at radius 2 is 1.90 bits per heavy atom. The summed E-state index contributed by atoms with van der Waals surface area (Å²) in [5.41, 5.74) is 4.95. The highest BCUT2D eigenvalue weighted by atomic mass is 32.1. The fourth-order valence-electron chi connectivity index (χ4n) is 1.89. The molecule has 0 radical (unpaired) electrons. The van der Waals surface area contributed by atoms with E-state index in [4.69, 9.17) is 12.2 Å². The van der Waals surface area contributed by atoms with E-state index in [0.29, 0.717) is 0 Å². The van der Waals surface area contributed by atoms with Gasteiger partial charge < -0.3 is 10.2 Å². The number of hydrogen-bond donors (Lipinski definition) is 1. The second kappa shape index (κ2) is 6.37. The van der Waals surface area contributed by atoms with Crippen molar-refractivity contribution >= 4 is 34.4 Å². The molecule has 20 heavy (non-hydrogen) atoms. The molecular weight excluding hydrogens is 284 g/mol. The predicted molar refractivity (Wildman–Crippen MR) is 92.7 cm³/mol. The molecule has 0 unspecified atom stereocenters. The van der Waals surface area contributed by atoms with Crippen LogP contribution < -0.4 is 5.32 Å². The van der Waals surface area contributed by atoms with Gasteiger partial charge in [-0.15, -0.1) is 11.3 Å². The smallest absolute Gasteiger partial charge is 0.173 e. The van der Waals surface area contributed by atoms with Crippen LogP contribution in [0.5, 0.6) is 0 Å². The van der Waals surface area contributed by atoms with Gasteiger partial charge in [0.1, 0.15) is 0 Å². The number of anilines is 1. The average molecular weight is 304 g/mol. The number of thiocarbonyl (C=S) groups is 1. The van der Waals surface area contributed by atoms with Crippen LogP contribution in [0.15, 0.2) is 29.6 Å². The van der Waals surface area contributed by atoms with Gasteiger partial charge in [0.2, 0.25) is 0 Å². The Morgan fingerprint density at radius 1 is 1.15 bits per heavy atom. The predicted octanol–water partition coefficient (Wildman–Crippen LogP) is 4.50. The van der Waals surface area contributed by atoms with Crippen molar-refractivity contribution in [1.82, 2.24) is 4.90 Å². The van der Waals surface area contributed by atoms with Crippen LogP contribution in [0.1, 0.15) is 21.6 Å². The third-order valence-electron chi connectivity index (χ3n) is 3.45. The number of aryl methyl sites for hydroxylation is 3. The van der Waals surface area contributed by atoms with Crippen molar-refractivity contribution in [2.24, 2.45) is 0 Å². The van der Waals surface area contributed by atoms with E-state index in [-0.39, 0.29) is 0 Å². The van der Waals surface area contributed by atoms with Crippen molar-refractivity contribution in [2.75, 3.05) is 12.4 Å². The van der Waals surface area contributed by atoms with Gasteiger partial charge in [-0.25, -0.2) is 0 Å². The van der Waals surface area contributed by atoms with Crippen molar-refractivity contribution < 1.29 is 0 Å². The lowest BCUT2D eigenvalue weighted by Gasteiger charge is -2.21. The van der Waals surface area contributed by atoms with Gasteiger partial charge in [-0.3, -0.25) is 0 Å². The molecule has 2 rings (SSSR count). The molecule has 0 saturated heterocycles. The molecule has 4 heteroatoms. The lowest BCUT2D eigenvalue weighted by atomic mass is 10.1. The molecule has 2 nitrogen and oxygen atoms in total.